The molecule has 1 aromatic heterocycles. The number of nitrogens with zero attached hydrogens (tertiary/aromatic N) is 3. The number of carbonyl (C=O) groups excluding carboxylic acids is 1. The van der Waals surface area contributed by atoms with Crippen LogP contribution in [0.25, 0.3) is 11.3 Å². The predicted molar refractivity (Wildman–Crippen MR) is 114 cm³/mol. The minimum atomic E-state index is -0.350. The van der Waals surface area contributed by atoms with Gasteiger partial charge in [0.2, 0.25) is 5.88 Å². The highest BCUT2D eigenvalue weighted by Crippen LogP contribution is 2.35. The fraction of sp³-hybridized carbons (Fsp3) is 0.190. The highest BCUT2D eigenvalue weighted by Gasteiger charge is 2.25. The zero-order chi connectivity index (χ0) is 19.8. The molecule has 0 bridgehead atoms. The normalized spacial score (nSPS) is 12.8. The third-order valence-electron chi connectivity index (χ3n) is 4.86. The second-order valence-electron chi connectivity index (χ2n) is 6.35. The van der Waals surface area contributed by atoms with Crippen molar-refractivity contribution < 1.29 is 9.90 Å². The molecule has 7 heteroatoms. The first-order valence-electron chi connectivity index (χ1n) is 9.08. The van der Waals surface area contributed by atoms with Crippen molar-refractivity contribution in [2.75, 3.05) is 18.0 Å². The molecule has 3 aromatic rings. The van der Waals surface area contributed by atoms with Crippen LogP contribution in [0.1, 0.15) is 18.7 Å². The maximum Gasteiger partial charge on any atom is 0.279 e. The Morgan fingerprint density at radius 3 is 2.46 bits per heavy atom. The number of para-hydroxylation sites is 1. The van der Waals surface area contributed by atoms with Crippen molar-refractivity contribution >= 4 is 40.7 Å². The summed E-state index contributed by atoms with van der Waals surface area (Å²) in [6.45, 7) is 6.07. The number of amides is 1. The first-order chi connectivity index (χ1) is 13.5. The van der Waals surface area contributed by atoms with Gasteiger partial charge in [-0.05, 0) is 56.4 Å². The van der Waals surface area contributed by atoms with Gasteiger partial charge in [0, 0.05) is 24.0 Å². The topological polar surface area (TPSA) is 57.8 Å². The van der Waals surface area contributed by atoms with Crippen molar-refractivity contribution in [3.8, 4) is 11.6 Å². The number of benzene rings is 2. The first kappa shape index (κ1) is 18.6. The zero-order valence-electron chi connectivity index (χ0n) is 15.5. The van der Waals surface area contributed by atoms with Gasteiger partial charge >= 0.3 is 0 Å². The molecule has 0 spiro atoms. The molecule has 0 saturated carbocycles. The van der Waals surface area contributed by atoms with E-state index in [0.717, 1.165) is 29.7 Å². The van der Waals surface area contributed by atoms with Gasteiger partial charge in [-0.25, -0.2) is 4.99 Å². The monoisotopic (exact) mass is 409 g/mol. The van der Waals surface area contributed by atoms with Crippen LogP contribution in [-0.4, -0.2) is 28.7 Å². The first-order valence-corrected chi connectivity index (χ1v) is 10.3. The Morgan fingerprint density at radius 1 is 1.11 bits per heavy atom. The van der Waals surface area contributed by atoms with Crippen LogP contribution in [0.2, 0.25) is 0 Å². The van der Waals surface area contributed by atoms with Gasteiger partial charge in [-0.15, -0.1) is 11.3 Å². The Hall–Kier alpha value is -2.77. The van der Waals surface area contributed by atoms with Crippen LogP contribution in [0.4, 0.5) is 5.69 Å². The van der Waals surface area contributed by atoms with Crippen LogP contribution in [-0.2, 0) is 4.79 Å². The highest BCUT2D eigenvalue weighted by molar-refractivity contribution is 7.73. The standard InChI is InChI=1S/C21H19N3O2S2/c1-3-23(4-2)13-9-11-14(12-10-13)24-20(26)18(28-21(24)27)17-15-7-5-6-8-16(15)22-19(17)25/h5-12,26H,3-4H2,1-2H3. The molecule has 0 radical (unpaired) electrons. The minimum Gasteiger partial charge on any atom is -0.493 e. The van der Waals surface area contributed by atoms with E-state index < -0.39 is 0 Å². The van der Waals surface area contributed by atoms with Crippen LogP contribution in [0.5, 0.6) is 5.88 Å². The van der Waals surface area contributed by atoms with Gasteiger partial charge in [0.25, 0.3) is 5.91 Å². The van der Waals surface area contributed by atoms with Gasteiger partial charge in [-0.2, -0.15) is 0 Å². The second-order valence-corrected chi connectivity index (χ2v) is 8.00. The second kappa shape index (κ2) is 7.33. The molecule has 1 N–H and O–H groups in total. The summed E-state index contributed by atoms with van der Waals surface area (Å²) in [4.78, 5) is 19.3. The van der Waals surface area contributed by atoms with Gasteiger partial charge < -0.3 is 10.0 Å². The fourth-order valence-electron chi connectivity index (χ4n) is 3.44. The summed E-state index contributed by atoms with van der Waals surface area (Å²) in [5.41, 5.74) is 2.28. The Balaban J connectivity index is 1.83. The molecule has 0 aliphatic carbocycles. The van der Waals surface area contributed by atoms with Crippen LogP contribution in [0.3, 0.4) is 0 Å². The Kier molecular flexibility index (Phi) is 4.87. The summed E-state index contributed by atoms with van der Waals surface area (Å²) in [5, 5.41) is 12.3. The molecule has 0 unspecified atom stereocenters. The lowest BCUT2D eigenvalue weighted by Crippen LogP contribution is -2.22. The molecule has 0 atom stereocenters. The molecule has 0 saturated heterocycles. The van der Waals surface area contributed by atoms with E-state index in [1.807, 2.05) is 42.5 Å². The lowest BCUT2D eigenvalue weighted by atomic mass is 10.1. The molecule has 28 heavy (non-hydrogen) atoms. The average molecular weight is 410 g/mol. The number of rotatable bonds is 5. The largest absolute Gasteiger partial charge is 0.493 e. The average Bonchev–Trinajstić information content (AvgIpc) is 3.18. The molecule has 2 heterocycles. The van der Waals surface area contributed by atoms with Gasteiger partial charge in [-0.3, -0.25) is 9.36 Å². The number of hydrogen-bond donors (Lipinski definition) is 1. The van der Waals surface area contributed by atoms with E-state index in [1.165, 1.54) is 11.3 Å². The molecular weight excluding hydrogens is 390 g/mol. The van der Waals surface area contributed by atoms with Crippen molar-refractivity contribution in [2.45, 2.75) is 13.8 Å². The molecule has 5 nitrogen and oxygen atoms in total. The van der Waals surface area contributed by atoms with E-state index in [-0.39, 0.29) is 11.8 Å². The van der Waals surface area contributed by atoms with Crippen LogP contribution in [0, 0.1) is 3.95 Å². The number of anilines is 1. The van der Waals surface area contributed by atoms with Gasteiger partial charge in [-0.1, -0.05) is 18.2 Å². The minimum absolute atomic E-state index is 0.0270. The van der Waals surface area contributed by atoms with Crippen molar-refractivity contribution in [3.05, 3.63) is 67.9 Å². The highest BCUT2D eigenvalue weighted by atomic mass is 32.1. The van der Waals surface area contributed by atoms with Crippen LogP contribution >= 0.6 is 23.6 Å². The number of thiazole rings is 1. The summed E-state index contributed by atoms with van der Waals surface area (Å²) >= 11 is 6.72. The Morgan fingerprint density at radius 2 is 1.79 bits per heavy atom. The molecule has 0 fully saturated rings. The van der Waals surface area contributed by atoms with Crippen molar-refractivity contribution in [2.24, 2.45) is 4.99 Å². The number of aromatic hydroxyl groups is 1. The van der Waals surface area contributed by atoms with Gasteiger partial charge in [0.1, 0.15) is 4.88 Å². The molecule has 1 amide bonds. The van der Waals surface area contributed by atoms with E-state index in [2.05, 4.69) is 23.7 Å². The molecule has 2 aromatic carbocycles. The van der Waals surface area contributed by atoms with E-state index in [9.17, 15) is 9.90 Å². The summed E-state index contributed by atoms with van der Waals surface area (Å²) in [6.07, 6.45) is 0. The van der Waals surface area contributed by atoms with Gasteiger partial charge in [0.15, 0.2) is 3.95 Å². The lowest BCUT2D eigenvalue weighted by Gasteiger charge is -2.21. The van der Waals surface area contributed by atoms with Crippen LogP contribution < -0.4 is 15.5 Å². The van der Waals surface area contributed by atoms with E-state index in [4.69, 9.17) is 12.2 Å². The van der Waals surface area contributed by atoms with E-state index >= 15 is 0 Å². The van der Waals surface area contributed by atoms with Gasteiger partial charge in [0.05, 0.1) is 16.6 Å². The maximum absolute atomic E-state index is 12.5. The third-order valence-corrected chi connectivity index (χ3v) is 6.24. The molecular formula is C21H19N3O2S2. The smallest absolute Gasteiger partial charge is 0.279 e. The SMILES string of the molecule is CCN(CC)c1ccc(-n2c(O)c(C3=c4ccccc4=NC3=O)sc2=S)cc1. The number of carbonyl (C=O) groups is 1. The molecule has 4 rings (SSSR count). The summed E-state index contributed by atoms with van der Waals surface area (Å²) in [6, 6.07) is 15.2. The molecule has 1 aliphatic rings. The fourth-order valence-corrected chi connectivity index (χ4v) is 4.82. The summed E-state index contributed by atoms with van der Waals surface area (Å²) in [7, 11) is 0. The quantitative estimate of drug-likeness (QED) is 0.658. The third kappa shape index (κ3) is 2.96. The summed E-state index contributed by atoms with van der Waals surface area (Å²) < 4.78 is 2.08. The number of fused-ring (bicyclic) bond motifs is 1. The Bertz CT molecular complexity index is 1240. The number of hydrogen-bond acceptors (Lipinski definition) is 5. The molecule has 1 aliphatic heterocycles. The maximum atomic E-state index is 12.5. The van der Waals surface area contributed by atoms with Crippen molar-refractivity contribution in [1.82, 2.24) is 4.57 Å². The number of aromatic nitrogens is 1. The van der Waals surface area contributed by atoms with Crippen molar-refractivity contribution in [3.63, 3.8) is 0 Å². The van der Waals surface area contributed by atoms with E-state index in [0.29, 0.717) is 19.8 Å². The van der Waals surface area contributed by atoms with Crippen molar-refractivity contribution in [1.29, 1.82) is 0 Å². The molecule has 142 valence electrons. The van der Waals surface area contributed by atoms with Crippen LogP contribution in [0.15, 0.2) is 53.5 Å². The predicted octanol–water partition coefficient (Wildman–Crippen LogP) is 3.18. The lowest BCUT2D eigenvalue weighted by molar-refractivity contribution is -0.112. The summed E-state index contributed by atoms with van der Waals surface area (Å²) in [5.74, 6) is -0.377. The Labute approximate surface area is 171 Å². The van der Waals surface area contributed by atoms with E-state index in [1.54, 1.807) is 10.6 Å². The zero-order valence-corrected chi connectivity index (χ0v) is 17.2.